The number of ether oxygens (including phenoxy) is 2. The summed E-state index contributed by atoms with van der Waals surface area (Å²) < 4.78 is 10.0. The minimum Gasteiger partial charge on any atom is -0.497 e. The van der Waals surface area contributed by atoms with Gasteiger partial charge in [0.1, 0.15) is 5.75 Å². The highest BCUT2D eigenvalue weighted by Crippen LogP contribution is 2.10. The summed E-state index contributed by atoms with van der Waals surface area (Å²) in [5.74, 6) is -1.25. The van der Waals surface area contributed by atoms with Gasteiger partial charge in [0.25, 0.3) is 5.91 Å². The minimum atomic E-state index is -1.16. The van der Waals surface area contributed by atoms with Crippen LogP contribution in [0.4, 0.5) is 4.79 Å². The third-order valence-corrected chi connectivity index (χ3v) is 2.94. The zero-order chi connectivity index (χ0) is 18.8. The molecule has 0 unspecified atom stereocenters. The van der Waals surface area contributed by atoms with Gasteiger partial charge >= 0.3 is 12.0 Å². The summed E-state index contributed by atoms with van der Waals surface area (Å²) in [5, 5.41) is 5.51. The van der Waals surface area contributed by atoms with Crippen LogP contribution in [0.5, 0.6) is 5.75 Å². The lowest BCUT2D eigenvalue weighted by Gasteiger charge is -2.19. The van der Waals surface area contributed by atoms with Crippen LogP contribution >= 0.6 is 0 Å². The molecule has 1 atom stereocenters. The maximum atomic E-state index is 11.7. The second-order valence-corrected chi connectivity index (χ2v) is 5.29. The first kappa shape index (κ1) is 19.9. The Morgan fingerprint density at radius 1 is 1.24 bits per heavy atom. The molecule has 0 aliphatic rings. The number of hydrogen-bond acceptors (Lipinski definition) is 7. The highest BCUT2D eigenvalue weighted by molar-refractivity contribution is 5.96. The van der Waals surface area contributed by atoms with Crippen molar-refractivity contribution in [2.75, 3.05) is 13.7 Å². The number of nitrogens with two attached hydrogens (primary N) is 1. The Labute approximate surface area is 145 Å². The number of imide groups is 1. The number of nitrogens with zero attached hydrogens (tertiary/aromatic N) is 1. The molecule has 0 radical (unpaired) electrons. The van der Waals surface area contributed by atoms with Gasteiger partial charge in [-0.15, -0.1) is 0 Å². The van der Waals surface area contributed by atoms with Crippen molar-refractivity contribution in [3.05, 3.63) is 29.8 Å². The van der Waals surface area contributed by atoms with E-state index in [9.17, 15) is 14.4 Å². The summed E-state index contributed by atoms with van der Waals surface area (Å²) in [5.41, 5.74) is 5.62. The number of carbonyl (C=O) groups excluding carboxylic acids is 3. The molecule has 9 heteroatoms. The van der Waals surface area contributed by atoms with Crippen molar-refractivity contribution in [3.63, 3.8) is 0 Å². The van der Waals surface area contributed by atoms with Crippen LogP contribution in [-0.2, 0) is 19.2 Å². The topological polar surface area (TPSA) is 129 Å². The maximum Gasteiger partial charge on any atom is 0.347 e. The summed E-state index contributed by atoms with van der Waals surface area (Å²) in [6.45, 7) is 2.82. The van der Waals surface area contributed by atoms with Gasteiger partial charge in [0.2, 0.25) is 6.61 Å². The van der Waals surface area contributed by atoms with E-state index in [0.29, 0.717) is 5.75 Å². The molecule has 0 fully saturated rings. The highest BCUT2D eigenvalue weighted by atomic mass is 16.7. The lowest BCUT2D eigenvalue weighted by molar-refractivity contribution is -0.162. The Bertz CT molecular complexity index is 627. The van der Waals surface area contributed by atoms with Crippen LogP contribution in [0.3, 0.4) is 0 Å². The van der Waals surface area contributed by atoms with Gasteiger partial charge in [0, 0.05) is 0 Å². The Kier molecular flexibility index (Phi) is 7.91. The van der Waals surface area contributed by atoms with Crippen LogP contribution in [0.15, 0.2) is 29.4 Å². The summed E-state index contributed by atoms with van der Waals surface area (Å²) in [4.78, 5) is 39.0. The van der Waals surface area contributed by atoms with Crippen molar-refractivity contribution in [2.24, 2.45) is 16.8 Å². The zero-order valence-electron chi connectivity index (χ0n) is 14.2. The third-order valence-electron chi connectivity index (χ3n) is 2.94. The summed E-state index contributed by atoms with van der Waals surface area (Å²) >= 11 is 0. The van der Waals surface area contributed by atoms with Gasteiger partial charge < -0.3 is 20.0 Å². The summed E-state index contributed by atoms with van der Waals surface area (Å²) in [6, 6.07) is 5.99. The fourth-order valence-corrected chi connectivity index (χ4v) is 1.74. The number of esters is 1. The minimum absolute atomic E-state index is 0.355. The first-order valence-corrected chi connectivity index (χ1v) is 7.42. The molecule has 0 aliphatic carbocycles. The molecule has 1 aromatic carbocycles. The molecule has 0 saturated carbocycles. The van der Waals surface area contributed by atoms with E-state index in [1.165, 1.54) is 6.21 Å². The van der Waals surface area contributed by atoms with Crippen molar-refractivity contribution in [3.8, 4) is 5.75 Å². The van der Waals surface area contributed by atoms with Crippen molar-refractivity contribution >= 4 is 24.1 Å². The van der Waals surface area contributed by atoms with Gasteiger partial charge in [-0.25, -0.2) is 9.59 Å². The van der Waals surface area contributed by atoms with E-state index in [2.05, 4.69) is 5.16 Å². The molecule has 0 aromatic heterocycles. The molecular formula is C16H21N3O6. The lowest BCUT2D eigenvalue weighted by atomic mass is 10.1. The average molecular weight is 351 g/mol. The molecule has 9 nitrogen and oxygen atoms in total. The Morgan fingerprint density at radius 3 is 2.40 bits per heavy atom. The number of urea groups is 1. The second kappa shape index (κ2) is 9.91. The zero-order valence-corrected chi connectivity index (χ0v) is 14.2. The van der Waals surface area contributed by atoms with Crippen molar-refractivity contribution in [1.82, 2.24) is 5.32 Å². The predicted molar refractivity (Wildman–Crippen MR) is 89.0 cm³/mol. The standard InChI is InChI=1S/C16H21N3O6/c1-10(2)14(15(21)19-16(17)22)25-13(20)9-24-18-8-11-4-6-12(23-3)7-5-11/h4-8,10,14H,9H2,1-3H3,(H3,17,19,21,22)/b18-8-/t14-/m1/s1. The lowest BCUT2D eigenvalue weighted by Crippen LogP contribution is -2.45. The average Bonchev–Trinajstić information content (AvgIpc) is 2.56. The number of hydrogen-bond donors (Lipinski definition) is 2. The molecule has 0 saturated heterocycles. The SMILES string of the molecule is COc1ccc(/C=N\OCC(=O)O[C@@H](C(=O)NC(N)=O)C(C)C)cc1. The largest absolute Gasteiger partial charge is 0.497 e. The van der Waals surface area contributed by atoms with E-state index < -0.39 is 30.6 Å². The van der Waals surface area contributed by atoms with E-state index in [-0.39, 0.29) is 5.92 Å². The van der Waals surface area contributed by atoms with Crippen LogP contribution in [0.1, 0.15) is 19.4 Å². The third kappa shape index (κ3) is 7.34. The second-order valence-electron chi connectivity index (χ2n) is 5.29. The van der Waals surface area contributed by atoms with E-state index in [0.717, 1.165) is 5.56 Å². The highest BCUT2D eigenvalue weighted by Gasteiger charge is 2.27. The Hall–Kier alpha value is -3.10. The monoisotopic (exact) mass is 351 g/mol. The molecule has 0 heterocycles. The van der Waals surface area contributed by atoms with Gasteiger partial charge in [0.15, 0.2) is 6.10 Å². The first-order chi connectivity index (χ1) is 11.8. The van der Waals surface area contributed by atoms with Crippen molar-refractivity contribution in [2.45, 2.75) is 20.0 Å². The smallest absolute Gasteiger partial charge is 0.347 e. The molecule has 1 aromatic rings. The van der Waals surface area contributed by atoms with Crippen molar-refractivity contribution in [1.29, 1.82) is 0 Å². The fraction of sp³-hybridized carbons (Fsp3) is 0.375. The van der Waals surface area contributed by atoms with Crippen LogP contribution in [0.25, 0.3) is 0 Å². The van der Waals surface area contributed by atoms with Gasteiger partial charge in [0.05, 0.1) is 13.3 Å². The predicted octanol–water partition coefficient (Wildman–Crippen LogP) is 0.808. The van der Waals surface area contributed by atoms with Crippen LogP contribution in [0, 0.1) is 5.92 Å². The number of benzene rings is 1. The van der Waals surface area contributed by atoms with Gasteiger partial charge in [-0.1, -0.05) is 19.0 Å². The number of methoxy groups -OCH3 is 1. The number of primary amides is 1. The number of carbonyl (C=O) groups is 3. The summed E-state index contributed by atoms with van der Waals surface area (Å²) in [7, 11) is 1.56. The molecule has 3 amide bonds. The molecule has 25 heavy (non-hydrogen) atoms. The van der Waals surface area contributed by atoms with Gasteiger partial charge in [-0.05, 0) is 35.7 Å². The molecule has 136 valence electrons. The van der Waals surface area contributed by atoms with Crippen molar-refractivity contribution < 1.29 is 28.7 Å². The Balaban J connectivity index is 2.47. The molecule has 1 rings (SSSR count). The number of rotatable bonds is 8. The number of oxime groups is 1. The van der Waals surface area contributed by atoms with Crippen LogP contribution in [0.2, 0.25) is 0 Å². The van der Waals surface area contributed by atoms with Gasteiger partial charge in [-0.2, -0.15) is 0 Å². The Morgan fingerprint density at radius 2 is 1.88 bits per heavy atom. The molecule has 0 bridgehead atoms. The first-order valence-electron chi connectivity index (χ1n) is 7.42. The maximum absolute atomic E-state index is 11.7. The van der Waals surface area contributed by atoms with E-state index in [1.54, 1.807) is 45.2 Å². The van der Waals surface area contributed by atoms with Gasteiger partial charge in [-0.3, -0.25) is 10.1 Å². The van der Waals surface area contributed by atoms with Crippen LogP contribution in [-0.4, -0.2) is 43.9 Å². The molecule has 0 spiro atoms. The normalized spacial score (nSPS) is 11.8. The van der Waals surface area contributed by atoms with E-state index >= 15 is 0 Å². The van der Waals surface area contributed by atoms with Crippen LogP contribution < -0.4 is 15.8 Å². The molecular weight excluding hydrogens is 330 g/mol. The molecule has 3 N–H and O–H groups in total. The van der Waals surface area contributed by atoms with E-state index in [1.807, 2.05) is 5.32 Å². The quantitative estimate of drug-likeness (QED) is 0.405. The fourth-order valence-electron chi connectivity index (χ4n) is 1.74. The molecule has 0 aliphatic heterocycles. The van der Waals surface area contributed by atoms with E-state index in [4.69, 9.17) is 20.0 Å². The summed E-state index contributed by atoms with van der Waals surface area (Å²) in [6.07, 6.45) is 0.251. The number of amides is 3. The number of nitrogens with one attached hydrogen (secondary N) is 1.